The molecule has 3 rings (SSSR count). The van der Waals surface area contributed by atoms with Crippen LogP contribution in [-0.4, -0.2) is 20.8 Å². The van der Waals surface area contributed by atoms with E-state index < -0.39 is 11.2 Å². The van der Waals surface area contributed by atoms with E-state index in [0.717, 1.165) is 19.3 Å². The first-order valence-corrected chi connectivity index (χ1v) is 7.59. The number of hydrogen-bond acceptors (Lipinski definition) is 3. The lowest BCUT2D eigenvalue weighted by molar-refractivity contribution is -0.153. The molecule has 0 radical (unpaired) electrons. The Balaban J connectivity index is 2.15. The highest BCUT2D eigenvalue weighted by Gasteiger charge is 2.52. The molecule has 1 saturated carbocycles. The summed E-state index contributed by atoms with van der Waals surface area (Å²) in [5, 5.41) is 22.7. The molecule has 0 amide bonds. The second-order valence-electron chi connectivity index (χ2n) is 5.88. The maximum absolute atomic E-state index is 11.5. The molecule has 0 spiro atoms. The van der Waals surface area contributed by atoms with Crippen molar-refractivity contribution in [2.24, 2.45) is 0 Å². The van der Waals surface area contributed by atoms with Crippen molar-refractivity contribution in [2.45, 2.75) is 43.3 Å². The summed E-state index contributed by atoms with van der Waals surface area (Å²) >= 11 is 0. The molecule has 1 aliphatic rings. The lowest BCUT2D eigenvalue weighted by atomic mass is 9.68. The fraction of sp³-hybridized carbons (Fsp3) is 0.389. The van der Waals surface area contributed by atoms with Crippen LogP contribution in [0.3, 0.4) is 0 Å². The van der Waals surface area contributed by atoms with Gasteiger partial charge in [0, 0.05) is 6.20 Å². The zero-order valence-corrected chi connectivity index (χ0v) is 12.1. The van der Waals surface area contributed by atoms with Crippen molar-refractivity contribution in [3.63, 3.8) is 0 Å². The van der Waals surface area contributed by atoms with Crippen molar-refractivity contribution in [3.8, 4) is 0 Å². The van der Waals surface area contributed by atoms with Gasteiger partial charge in [-0.1, -0.05) is 55.7 Å². The van der Waals surface area contributed by atoms with E-state index in [1.165, 1.54) is 0 Å². The van der Waals surface area contributed by atoms with Crippen molar-refractivity contribution >= 4 is 0 Å². The highest BCUT2D eigenvalue weighted by Crippen LogP contribution is 2.46. The average Bonchev–Trinajstić information content (AvgIpc) is 2.56. The standard InChI is InChI=1S/C18H21NO2/c20-17(12-6-2-7-13-17)18(21,15-9-3-1-4-10-15)16-11-5-8-14-19-16/h1,3-5,8-11,14,20-21H,2,6-7,12-13H2/t18-/m0/s1. The smallest absolute Gasteiger partial charge is 0.160 e. The van der Waals surface area contributed by atoms with Crippen molar-refractivity contribution in [3.05, 3.63) is 66.0 Å². The molecule has 1 aromatic heterocycles. The van der Waals surface area contributed by atoms with Crippen molar-refractivity contribution < 1.29 is 10.2 Å². The molecular weight excluding hydrogens is 262 g/mol. The average molecular weight is 283 g/mol. The van der Waals surface area contributed by atoms with E-state index in [1.807, 2.05) is 42.5 Å². The van der Waals surface area contributed by atoms with Gasteiger partial charge in [0.25, 0.3) is 0 Å². The number of hydrogen-bond donors (Lipinski definition) is 2. The van der Waals surface area contributed by atoms with Gasteiger partial charge in [-0.3, -0.25) is 4.98 Å². The lowest BCUT2D eigenvalue weighted by Gasteiger charge is -2.45. The fourth-order valence-electron chi connectivity index (χ4n) is 3.41. The summed E-state index contributed by atoms with van der Waals surface area (Å²) in [4.78, 5) is 4.34. The minimum atomic E-state index is -1.46. The number of rotatable bonds is 3. The lowest BCUT2D eigenvalue weighted by Crippen LogP contribution is -2.54. The Bertz CT molecular complexity index is 537. The van der Waals surface area contributed by atoms with Crippen LogP contribution in [0.2, 0.25) is 0 Å². The molecule has 1 heterocycles. The van der Waals surface area contributed by atoms with Crippen LogP contribution in [0.1, 0.15) is 43.4 Å². The number of pyridine rings is 1. The topological polar surface area (TPSA) is 53.4 Å². The first-order valence-electron chi connectivity index (χ1n) is 7.59. The summed E-state index contributed by atoms with van der Waals surface area (Å²) in [6.45, 7) is 0. The maximum Gasteiger partial charge on any atom is 0.160 e. The maximum atomic E-state index is 11.5. The van der Waals surface area contributed by atoms with Crippen LogP contribution < -0.4 is 0 Å². The predicted octanol–water partition coefficient (Wildman–Crippen LogP) is 3.01. The van der Waals surface area contributed by atoms with E-state index in [9.17, 15) is 10.2 Å². The minimum Gasteiger partial charge on any atom is -0.386 e. The van der Waals surface area contributed by atoms with Crippen molar-refractivity contribution in [1.82, 2.24) is 4.98 Å². The Hall–Kier alpha value is -1.71. The molecule has 1 atom stereocenters. The fourth-order valence-corrected chi connectivity index (χ4v) is 3.41. The Kier molecular flexibility index (Phi) is 3.79. The molecule has 3 nitrogen and oxygen atoms in total. The monoisotopic (exact) mass is 283 g/mol. The zero-order valence-electron chi connectivity index (χ0n) is 12.1. The Morgan fingerprint density at radius 1 is 0.905 bits per heavy atom. The zero-order chi connectivity index (χ0) is 14.8. The molecule has 110 valence electrons. The second-order valence-corrected chi connectivity index (χ2v) is 5.88. The van der Waals surface area contributed by atoms with E-state index in [2.05, 4.69) is 4.98 Å². The first kappa shape index (κ1) is 14.2. The van der Waals surface area contributed by atoms with Gasteiger partial charge >= 0.3 is 0 Å². The summed E-state index contributed by atoms with van der Waals surface area (Å²) in [6.07, 6.45) is 5.81. The summed E-state index contributed by atoms with van der Waals surface area (Å²) in [7, 11) is 0. The SMILES string of the molecule is OC1([C@](O)(c2ccccc2)c2ccccn2)CCCCC1. The van der Waals surface area contributed by atoms with E-state index in [4.69, 9.17) is 0 Å². The Morgan fingerprint density at radius 3 is 2.19 bits per heavy atom. The minimum absolute atomic E-state index is 0.514. The third kappa shape index (κ3) is 2.37. The third-order valence-corrected chi connectivity index (χ3v) is 4.58. The molecule has 1 aliphatic carbocycles. The van der Waals surface area contributed by atoms with Crippen LogP contribution in [0, 0.1) is 0 Å². The van der Waals surface area contributed by atoms with Gasteiger partial charge in [0.05, 0.1) is 5.69 Å². The molecule has 1 fully saturated rings. The summed E-state index contributed by atoms with van der Waals surface area (Å²) in [5.41, 5.74) is -1.41. The first-order chi connectivity index (χ1) is 10.2. The number of benzene rings is 1. The van der Waals surface area contributed by atoms with Gasteiger partial charge in [-0.15, -0.1) is 0 Å². The summed E-state index contributed by atoms with van der Waals surface area (Å²) in [6, 6.07) is 14.9. The second kappa shape index (κ2) is 5.58. The molecule has 1 aromatic carbocycles. The van der Waals surface area contributed by atoms with Gasteiger partial charge < -0.3 is 10.2 Å². The highest BCUT2D eigenvalue weighted by molar-refractivity contribution is 5.36. The van der Waals surface area contributed by atoms with Crippen molar-refractivity contribution in [1.29, 1.82) is 0 Å². The van der Waals surface area contributed by atoms with E-state index in [-0.39, 0.29) is 0 Å². The molecule has 0 unspecified atom stereocenters. The van der Waals surface area contributed by atoms with E-state index in [0.29, 0.717) is 24.1 Å². The summed E-state index contributed by atoms with van der Waals surface area (Å²) < 4.78 is 0. The van der Waals surface area contributed by atoms with E-state index >= 15 is 0 Å². The number of nitrogens with zero attached hydrogens (tertiary/aromatic N) is 1. The van der Waals surface area contributed by atoms with Crippen LogP contribution >= 0.6 is 0 Å². The largest absolute Gasteiger partial charge is 0.386 e. The molecular formula is C18H21NO2. The van der Waals surface area contributed by atoms with Crippen LogP contribution in [-0.2, 0) is 5.60 Å². The van der Waals surface area contributed by atoms with Gasteiger partial charge in [0.1, 0.15) is 5.60 Å². The normalized spacial score (nSPS) is 20.7. The molecule has 0 aliphatic heterocycles. The Morgan fingerprint density at radius 2 is 1.57 bits per heavy atom. The van der Waals surface area contributed by atoms with Gasteiger partial charge in [-0.2, -0.15) is 0 Å². The van der Waals surface area contributed by atoms with Crippen LogP contribution in [0.15, 0.2) is 54.7 Å². The van der Waals surface area contributed by atoms with Crippen LogP contribution in [0.5, 0.6) is 0 Å². The molecule has 3 heteroatoms. The van der Waals surface area contributed by atoms with Gasteiger partial charge in [0.2, 0.25) is 0 Å². The number of aromatic nitrogens is 1. The molecule has 21 heavy (non-hydrogen) atoms. The van der Waals surface area contributed by atoms with Crippen molar-refractivity contribution in [2.75, 3.05) is 0 Å². The van der Waals surface area contributed by atoms with Crippen LogP contribution in [0.25, 0.3) is 0 Å². The Labute approximate surface area is 125 Å². The number of aliphatic hydroxyl groups is 2. The van der Waals surface area contributed by atoms with Crippen LogP contribution in [0.4, 0.5) is 0 Å². The molecule has 2 aromatic rings. The van der Waals surface area contributed by atoms with Gasteiger partial charge in [-0.25, -0.2) is 0 Å². The molecule has 0 bridgehead atoms. The highest BCUT2D eigenvalue weighted by atomic mass is 16.4. The third-order valence-electron chi connectivity index (χ3n) is 4.58. The summed E-state index contributed by atoms with van der Waals surface area (Å²) in [5.74, 6) is 0. The quantitative estimate of drug-likeness (QED) is 0.910. The molecule has 0 saturated heterocycles. The van der Waals surface area contributed by atoms with E-state index in [1.54, 1.807) is 12.3 Å². The predicted molar refractivity (Wildman–Crippen MR) is 81.7 cm³/mol. The van der Waals surface area contributed by atoms with Gasteiger partial charge in [-0.05, 0) is 30.5 Å². The van der Waals surface area contributed by atoms with Gasteiger partial charge in [0.15, 0.2) is 5.60 Å². The molecule has 2 N–H and O–H groups in total.